The fourth-order valence-corrected chi connectivity index (χ4v) is 5.89. The van der Waals surface area contributed by atoms with E-state index in [4.69, 9.17) is 11.6 Å². The summed E-state index contributed by atoms with van der Waals surface area (Å²) in [4.78, 5) is 29.2. The minimum absolute atomic E-state index is 0.0517. The van der Waals surface area contributed by atoms with Crippen LogP contribution in [0.2, 0.25) is 5.02 Å². The third kappa shape index (κ3) is 9.60. The van der Waals surface area contributed by atoms with Gasteiger partial charge < -0.3 is 10.2 Å². The summed E-state index contributed by atoms with van der Waals surface area (Å²) in [6, 6.07) is 21.7. The molecule has 3 aromatic carbocycles. The van der Waals surface area contributed by atoms with Crippen LogP contribution in [0.4, 0.5) is 5.69 Å². The van der Waals surface area contributed by atoms with Crippen LogP contribution in [0.3, 0.4) is 0 Å². The first-order chi connectivity index (χ1) is 19.9. The molecule has 0 heterocycles. The van der Waals surface area contributed by atoms with Crippen molar-refractivity contribution in [3.63, 3.8) is 0 Å². The van der Waals surface area contributed by atoms with Crippen LogP contribution in [0, 0.1) is 13.8 Å². The van der Waals surface area contributed by atoms with E-state index < -0.39 is 16.1 Å². The highest BCUT2D eigenvalue weighted by Crippen LogP contribution is 2.25. The van der Waals surface area contributed by atoms with E-state index in [2.05, 4.69) is 5.32 Å². The SMILES string of the molecule is CCC(C)NC(=O)C(Cc1ccccc1)N(Cc1ccc(Cl)cc1)C(=O)CCCN(c1cc(C)ccc1C)S(C)(=O)=O. The first-order valence-corrected chi connectivity index (χ1v) is 16.5. The molecule has 0 radical (unpaired) electrons. The molecule has 42 heavy (non-hydrogen) atoms. The van der Waals surface area contributed by atoms with Gasteiger partial charge in [0.15, 0.2) is 0 Å². The Balaban J connectivity index is 1.90. The van der Waals surface area contributed by atoms with Crippen LogP contribution in [-0.4, -0.2) is 50.0 Å². The van der Waals surface area contributed by atoms with E-state index in [1.54, 1.807) is 17.0 Å². The van der Waals surface area contributed by atoms with Crippen molar-refractivity contribution in [2.45, 2.75) is 72.0 Å². The number of benzene rings is 3. The Hall–Kier alpha value is -3.36. The molecule has 0 aliphatic rings. The summed E-state index contributed by atoms with van der Waals surface area (Å²) in [5.41, 5.74) is 4.18. The van der Waals surface area contributed by atoms with Gasteiger partial charge in [-0.2, -0.15) is 0 Å². The highest BCUT2D eigenvalue weighted by molar-refractivity contribution is 7.92. The summed E-state index contributed by atoms with van der Waals surface area (Å²) >= 11 is 6.11. The molecule has 2 atom stereocenters. The maximum atomic E-state index is 13.9. The van der Waals surface area contributed by atoms with E-state index in [-0.39, 0.29) is 37.4 Å². The monoisotopic (exact) mass is 611 g/mol. The lowest BCUT2D eigenvalue weighted by molar-refractivity contribution is -0.141. The zero-order valence-electron chi connectivity index (χ0n) is 25.1. The molecule has 2 amide bonds. The molecule has 3 rings (SSSR count). The normalized spacial score (nSPS) is 12.8. The van der Waals surface area contributed by atoms with Crippen molar-refractivity contribution in [2.75, 3.05) is 17.1 Å². The summed E-state index contributed by atoms with van der Waals surface area (Å²) in [5, 5.41) is 3.65. The maximum Gasteiger partial charge on any atom is 0.243 e. The van der Waals surface area contributed by atoms with Crippen LogP contribution in [0.1, 0.15) is 55.4 Å². The number of amides is 2. The molecule has 0 saturated carbocycles. The van der Waals surface area contributed by atoms with Gasteiger partial charge in [-0.3, -0.25) is 13.9 Å². The largest absolute Gasteiger partial charge is 0.352 e. The van der Waals surface area contributed by atoms with E-state index in [0.29, 0.717) is 23.6 Å². The van der Waals surface area contributed by atoms with Crippen molar-refractivity contribution in [1.29, 1.82) is 0 Å². The summed E-state index contributed by atoms with van der Waals surface area (Å²) in [7, 11) is -3.58. The highest BCUT2D eigenvalue weighted by atomic mass is 35.5. The Labute approximate surface area is 255 Å². The summed E-state index contributed by atoms with van der Waals surface area (Å²) in [5.74, 6) is -0.441. The lowest BCUT2D eigenvalue weighted by Crippen LogP contribution is -2.52. The fourth-order valence-electron chi connectivity index (χ4n) is 4.75. The topological polar surface area (TPSA) is 86.8 Å². The van der Waals surface area contributed by atoms with Crippen LogP contribution >= 0.6 is 11.6 Å². The molecule has 226 valence electrons. The maximum absolute atomic E-state index is 13.9. The van der Waals surface area contributed by atoms with Crippen molar-refractivity contribution < 1.29 is 18.0 Å². The summed E-state index contributed by atoms with van der Waals surface area (Å²) in [6.07, 6.45) is 2.65. The number of nitrogens with zero attached hydrogens (tertiary/aromatic N) is 2. The lowest BCUT2D eigenvalue weighted by Gasteiger charge is -2.33. The van der Waals surface area contributed by atoms with Gasteiger partial charge in [0, 0.05) is 37.0 Å². The van der Waals surface area contributed by atoms with Crippen molar-refractivity contribution >= 4 is 39.1 Å². The Bertz CT molecular complexity index is 1450. The second kappa shape index (κ2) is 15.2. The van der Waals surface area contributed by atoms with E-state index in [9.17, 15) is 18.0 Å². The van der Waals surface area contributed by atoms with E-state index in [1.165, 1.54) is 10.6 Å². The Morgan fingerprint density at radius 3 is 2.24 bits per heavy atom. The third-order valence-electron chi connectivity index (χ3n) is 7.32. The highest BCUT2D eigenvalue weighted by Gasteiger charge is 2.31. The van der Waals surface area contributed by atoms with Crippen molar-refractivity contribution in [3.05, 3.63) is 100 Å². The molecule has 0 aromatic heterocycles. The van der Waals surface area contributed by atoms with E-state index in [1.807, 2.05) is 88.4 Å². The number of hydrogen-bond acceptors (Lipinski definition) is 4. The molecule has 0 aliphatic carbocycles. The molecule has 0 fully saturated rings. The van der Waals surface area contributed by atoms with Crippen molar-refractivity contribution in [2.24, 2.45) is 0 Å². The van der Waals surface area contributed by atoms with Gasteiger partial charge in [0.05, 0.1) is 11.9 Å². The molecule has 0 saturated heterocycles. The summed E-state index contributed by atoms with van der Waals surface area (Å²) < 4.78 is 26.9. The predicted octanol–water partition coefficient (Wildman–Crippen LogP) is 6.06. The van der Waals surface area contributed by atoms with Crippen LogP contribution in [0.15, 0.2) is 72.8 Å². The second-order valence-electron chi connectivity index (χ2n) is 10.9. The molecular weight excluding hydrogens is 570 g/mol. The van der Waals surface area contributed by atoms with Gasteiger partial charge >= 0.3 is 0 Å². The number of carbonyl (C=O) groups is 2. The lowest BCUT2D eigenvalue weighted by atomic mass is 10.0. The number of carbonyl (C=O) groups excluding carboxylic acids is 2. The number of hydrogen-bond donors (Lipinski definition) is 1. The zero-order chi connectivity index (χ0) is 30.9. The molecule has 0 aliphatic heterocycles. The number of nitrogens with one attached hydrogen (secondary N) is 1. The molecule has 7 nitrogen and oxygen atoms in total. The average molecular weight is 612 g/mol. The standard InChI is InChI=1S/C33H42ClN3O4S/c1-6-26(4)35-33(39)31(22-27-11-8-7-9-12-27)36(23-28-16-18-29(34)19-17-28)32(38)13-10-20-37(42(5,40)41)30-21-24(2)14-15-25(30)3/h7-9,11-12,14-19,21,26,31H,6,10,13,20,22-23H2,1-5H3,(H,35,39). The number of aryl methyl sites for hydroxylation is 2. The van der Waals surface area contributed by atoms with Gasteiger partial charge in [-0.15, -0.1) is 0 Å². The smallest absolute Gasteiger partial charge is 0.243 e. The molecule has 9 heteroatoms. The number of rotatable bonds is 14. The summed E-state index contributed by atoms with van der Waals surface area (Å²) in [6.45, 7) is 8.09. The molecule has 0 bridgehead atoms. The predicted molar refractivity (Wildman–Crippen MR) is 171 cm³/mol. The van der Waals surface area contributed by atoms with E-state index in [0.717, 1.165) is 28.7 Å². The van der Waals surface area contributed by atoms with Crippen molar-refractivity contribution in [1.82, 2.24) is 10.2 Å². The van der Waals surface area contributed by atoms with Crippen LogP contribution in [-0.2, 0) is 32.6 Å². The second-order valence-corrected chi connectivity index (χ2v) is 13.2. The van der Waals surface area contributed by atoms with Gasteiger partial charge in [0.1, 0.15) is 6.04 Å². The van der Waals surface area contributed by atoms with Crippen LogP contribution in [0.25, 0.3) is 0 Å². The van der Waals surface area contributed by atoms with Gasteiger partial charge in [-0.25, -0.2) is 8.42 Å². The number of halogens is 1. The van der Waals surface area contributed by atoms with Gasteiger partial charge in [-0.05, 0) is 74.1 Å². The zero-order valence-corrected chi connectivity index (χ0v) is 26.7. The molecule has 3 aromatic rings. The minimum Gasteiger partial charge on any atom is -0.352 e. The van der Waals surface area contributed by atoms with Crippen molar-refractivity contribution in [3.8, 4) is 0 Å². The van der Waals surface area contributed by atoms with Gasteiger partial charge in [0.25, 0.3) is 0 Å². The first kappa shape index (κ1) is 33.1. The number of sulfonamides is 1. The first-order valence-electron chi connectivity index (χ1n) is 14.3. The molecule has 2 unspecified atom stereocenters. The average Bonchev–Trinajstić information content (AvgIpc) is 2.95. The molecular formula is C33H42ClN3O4S. The van der Waals surface area contributed by atoms with Gasteiger partial charge in [0.2, 0.25) is 21.8 Å². The van der Waals surface area contributed by atoms with E-state index >= 15 is 0 Å². The Morgan fingerprint density at radius 2 is 1.62 bits per heavy atom. The van der Waals surface area contributed by atoms with Gasteiger partial charge in [-0.1, -0.05) is 73.1 Å². The molecule has 1 N–H and O–H groups in total. The van der Waals surface area contributed by atoms with Crippen LogP contribution in [0.5, 0.6) is 0 Å². The molecule has 0 spiro atoms. The fraction of sp³-hybridized carbons (Fsp3) is 0.394. The Morgan fingerprint density at radius 1 is 0.952 bits per heavy atom. The third-order valence-corrected chi connectivity index (χ3v) is 8.76. The minimum atomic E-state index is -3.58. The quantitative estimate of drug-likeness (QED) is 0.240. The number of anilines is 1. The van der Waals surface area contributed by atoms with Crippen LogP contribution < -0.4 is 9.62 Å². The Kier molecular flexibility index (Phi) is 12.0.